The average molecular weight is 194 g/mol. The van der Waals surface area contributed by atoms with E-state index in [1.54, 1.807) is 6.26 Å². The summed E-state index contributed by atoms with van der Waals surface area (Å²) < 4.78 is 5.11. The summed E-state index contributed by atoms with van der Waals surface area (Å²) in [6.45, 7) is 1.82. The molecule has 0 atom stereocenters. The Bertz CT molecular complexity index is 405. The third kappa shape index (κ3) is 1.73. The predicted molar refractivity (Wildman–Crippen MR) is 51.7 cm³/mol. The third-order valence-corrected chi connectivity index (χ3v) is 2.01. The summed E-state index contributed by atoms with van der Waals surface area (Å²) in [5.41, 5.74) is 1.86. The van der Waals surface area contributed by atoms with Crippen molar-refractivity contribution in [3.63, 3.8) is 0 Å². The minimum atomic E-state index is 0.671. The Hall–Kier alpha value is -1.28. The lowest BCUT2D eigenvalue weighted by Crippen LogP contribution is -1.76. The lowest BCUT2D eigenvalue weighted by molar-refractivity contribution is 0.521. The Kier molecular flexibility index (Phi) is 2.07. The molecule has 2 nitrogen and oxygen atoms in total. The Morgan fingerprint density at radius 1 is 1.23 bits per heavy atom. The highest BCUT2D eigenvalue weighted by Crippen LogP contribution is 2.20. The second-order valence-corrected chi connectivity index (χ2v) is 3.20. The van der Waals surface area contributed by atoms with Crippen LogP contribution in [0.1, 0.15) is 5.89 Å². The van der Waals surface area contributed by atoms with Gasteiger partial charge < -0.3 is 4.42 Å². The van der Waals surface area contributed by atoms with Gasteiger partial charge >= 0.3 is 0 Å². The largest absolute Gasteiger partial charge is 0.449 e. The highest BCUT2D eigenvalue weighted by molar-refractivity contribution is 6.30. The number of nitrogens with zero attached hydrogens (tertiary/aromatic N) is 1. The standard InChI is InChI=1S/C10H8ClNO/c1-7-12-10(6-13-7)8-2-4-9(11)5-3-8/h2-6H,1H3. The van der Waals surface area contributed by atoms with Crippen LogP contribution in [-0.2, 0) is 0 Å². The molecule has 13 heavy (non-hydrogen) atoms. The smallest absolute Gasteiger partial charge is 0.191 e. The third-order valence-electron chi connectivity index (χ3n) is 1.76. The van der Waals surface area contributed by atoms with Crippen molar-refractivity contribution in [2.24, 2.45) is 0 Å². The van der Waals surface area contributed by atoms with Crippen LogP contribution < -0.4 is 0 Å². The number of oxazole rings is 1. The van der Waals surface area contributed by atoms with Crippen LogP contribution in [0.2, 0.25) is 5.02 Å². The molecule has 0 radical (unpaired) electrons. The van der Waals surface area contributed by atoms with Crippen molar-refractivity contribution in [2.75, 3.05) is 0 Å². The van der Waals surface area contributed by atoms with Crippen LogP contribution in [0.3, 0.4) is 0 Å². The Morgan fingerprint density at radius 3 is 2.46 bits per heavy atom. The van der Waals surface area contributed by atoms with Gasteiger partial charge in [0.1, 0.15) is 12.0 Å². The van der Waals surface area contributed by atoms with E-state index >= 15 is 0 Å². The number of hydrogen-bond acceptors (Lipinski definition) is 2. The fraction of sp³-hybridized carbons (Fsp3) is 0.100. The van der Waals surface area contributed by atoms with Crippen molar-refractivity contribution in [3.05, 3.63) is 41.4 Å². The summed E-state index contributed by atoms with van der Waals surface area (Å²) in [4.78, 5) is 4.20. The topological polar surface area (TPSA) is 26.0 Å². The van der Waals surface area contributed by atoms with E-state index in [0.717, 1.165) is 16.3 Å². The van der Waals surface area contributed by atoms with Crippen LogP contribution in [0.5, 0.6) is 0 Å². The molecule has 1 heterocycles. The molecule has 0 saturated heterocycles. The average Bonchev–Trinajstić information content (AvgIpc) is 2.53. The van der Waals surface area contributed by atoms with Crippen molar-refractivity contribution < 1.29 is 4.42 Å². The summed E-state index contributed by atoms with van der Waals surface area (Å²) in [5, 5.41) is 0.726. The molecule has 0 spiro atoms. The normalized spacial score (nSPS) is 10.3. The van der Waals surface area contributed by atoms with Gasteiger partial charge in [0.2, 0.25) is 0 Å². The molecule has 0 aliphatic carbocycles. The molecule has 2 rings (SSSR count). The molecule has 0 aliphatic rings. The van der Waals surface area contributed by atoms with Gasteiger partial charge in [-0.15, -0.1) is 0 Å². The van der Waals surface area contributed by atoms with Crippen molar-refractivity contribution in [1.82, 2.24) is 4.98 Å². The molecule has 3 heteroatoms. The van der Waals surface area contributed by atoms with E-state index < -0.39 is 0 Å². The first-order valence-corrected chi connectivity index (χ1v) is 4.31. The van der Waals surface area contributed by atoms with E-state index in [1.807, 2.05) is 31.2 Å². The van der Waals surface area contributed by atoms with E-state index in [-0.39, 0.29) is 0 Å². The zero-order chi connectivity index (χ0) is 9.26. The van der Waals surface area contributed by atoms with Crippen LogP contribution in [0.4, 0.5) is 0 Å². The van der Waals surface area contributed by atoms with Gasteiger partial charge in [-0.05, 0) is 12.1 Å². The SMILES string of the molecule is Cc1nc(-c2ccc(Cl)cc2)co1. The zero-order valence-electron chi connectivity index (χ0n) is 7.12. The molecule has 0 unspecified atom stereocenters. The minimum absolute atomic E-state index is 0.671. The van der Waals surface area contributed by atoms with Crippen molar-refractivity contribution >= 4 is 11.6 Å². The van der Waals surface area contributed by atoms with Gasteiger partial charge in [0, 0.05) is 17.5 Å². The van der Waals surface area contributed by atoms with E-state index in [4.69, 9.17) is 16.0 Å². The first kappa shape index (κ1) is 8.32. The predicted octanol–water partition coefficient (Wildman–Crippen LogP) is 3.30. The van der Waals surface area contributed by atoms with Crippen molar-refractivity contribution in [1.29, 1.82) is 0 Å². The molecular formula is C10H8ClNO. The molecule has 1 aromatic carbocycles. The molecule has 0 aliphatic heterocycles. The van der Waals surface area contributed by atoms with E-state index in [0.29, 0.717) is 5.89 Å². The van der Waals surface area contributed by atoms with E-state index in [1.165, 1.54) is 0 Å². The fourth-order valence-corrected chi connectivity index (χ4v) is 1.24. The van der Waals surface area contributed by atoms with E-state index in [2.05, 4.69) is 4.98 Å². The Balaban J connectivity index is 2.41. The van der Waals surface area contributed by atoms with Gasteiger partial charge in [-0.1, -0.05) is 23.7 Å². The van der Waals surface area contributed by atoms with Crippen LogP contribution in [0, 0.1) is 6.92 Å². The monoisotopic (exact) mass is 193 g/mol. The lowest BCUT2D eigenvalue weighted by atomic mass is 10.2. The van der Waals surface area contributed by atoms with E-state index in [9.17, 15) is 0 Å². The zero-order valence-corrected chi connectivity index (χ0v) is 7.88. The molecule has 0 amide bonds. The lowest BCUT2D eigenvalue weighted by Gasteiger charge is -1.94. The van der Waals surface area contributed by atoms with Crippen LogP contribution in [0.25, 0.3) is 11.3 Å². The second kappa shape index (κ2) is 3.23. The highest BCUT2D eigenvalue weighted by atomic mass is 35.5. The Morgan fingerprint density at radius 2 is 1.92 bits per heavy atom. The molecule has 2 aromatic rings. The minimum Gasteiger partial charge on any atom is -0.449 e. The van der Waals surface area contributed by atoms with Crippen LogP contribution >= 0.6 is 11.6 Å². The second-order valence-electron chi connectivity index (χ2n) is 2.76. The quantitative estimate of drug-likeness (QED) is 0.695. The van der Waals surface area contributed by atoms with Gasteiger partial charge in [0.05, 0.1) is 0 Å². The molecule has 66 valence electrons. The molecule has 0 fully saturated rings. The maximum atomic E-state index is 5.76. The molecule has 0 bridgehead atoms. The van der Waals surface area contributed by atoms with Gasteiger partial charge in [0.25, 0.3) is 0 Å². The summed E-state index contributed by atoms with van der Waals surface area (Å²) in [5.74, 6) is 0.671. The number of aryl methyl sites for hydroxylation is 1. The first-order chi connectivity index (χ1) is 6.25. The van der Waals surface area contributed by atoms with Gasteiger partial charge in [-0.3, -0.25) is 0 Å². The highest BCUT2D eigenvalue weighted by Gasteiger charge is 2.01. The molecular weight excluding hydrogens is 186 g/mol. The first-order valence-electron chi connectivity index (χ1n) is 3.94. The molecule has 1 aromatic heterocycles. The van der Waals surface area contributed by atoms with Crippen molar-refractivity contribution in [2.45, 2.75) is 6.92 Å². The number of hydrogen-bond donors (Lipinski definition) is 0. The maximum absolute atomic E-state index is 5.76. The molecule has 0 saturated carbocycles. The van der Waals surface area contributed by atoms with Gasteiger partial charge in [-0.25, -0.2) is 4.98 Å². The summed E-state index contributed by atoms with van der Waals surface area (Å²) in [6, 6.07) is 7.50. The van der Waals surface area contributed by atoms with Crippen LogP contribution in [0.15, 0.2) is 34.9 Å². The maximum Gasteiger partial charge on any atom is 0.191 e. The van der Waals surface area contributed by atoms with Crippen molar-refractivity contribution in [3.8, 4) is 11.3 Å². The molecule has 0 N–H and O–H groups in total. The number of aromatic nitrogens is 1. The summed E-state index contributed by atoms with van der Waals surface area (Å²) in [7, 11) is 0. The number of benzene rings is 1. The fourth-order valence-electron chi connectivity index (χ4n) is 1.12. The van der Waals surface area contributed by atoms with Gasteiger partial charge in [-0.2, -0.15) is 0 Å². The summed E-state index contributed by atoms with van der Waals surface area (Å²) in [6.07, 6.45) is 1.64. The van der Waals surface area contributed by atoms with Gasteiger partial charge in [0.15, 0.2) is 5.89 Å². The Labute approximate surface area is 81.2 Å². The van der Waals surface area contributed by atoms with Crippen LogP contribution in [-0.4, -0.2) is 4.98 Å². The number of rotatable bonds is 1. The number of halogens is 1. The summed E-state index contributed by atoms with van der Waals surface area (Å²) >= 11 is 5.76.